The van der Waals surface area contributed by atoms with Crippen LogP contribution in [0.2, 0.25) is 0 Å². The molecule has 0 spiro atoms. The zero-order chi connectivity index (χ0) is 17.1. The van der Waals surface area contributed by atoms with Crippen LogP contribution in [-0.2, 0) is 19.4 Å². The summed E-state index contributed by atoms with van der Waals surface area (Å²) < 4.78 is 2.49. The second-order valence-corrected chi connectivity index (χ2v) is 7.27. The van der Waals surface area contributed by atoms with Crippen molar-refractivity contribution >= 4 is 16.8 Å². The van der Waals surface area contributed by atoms with E-state index in [2.05, 4.69) is 35.9 Å². The first kappa shape index (κ1) is 17.0. The molecule has 1 amide bonds. The predicted molar refractivity (Wildman–Crippen MR) is 99.4 cm³/mol. The molecule has 1 aliphatic rings. The molecule has 1 aromatic carbocycles. The van der Waals surface area contributed by atoms with Gasteiger partial charge < -0.3 is 15.6 Å². The van der Waals surface area contributed by atoms with E-state index in [-0.39, 0.29) is 5.91 Å². The number of fused-ring (bicyclic) bond motifs is 3. The zero-order valence-electron chi connectivity index (χ0n) is 14.9. The van der Waals surface area contributed by atoms with Crippen molar-refractivity contribution in [3.8, 4) is 0 Å². The minimum atomic E-state index is 0.00604. The highest BCUT2D eigenvalue weighted by Gasteiger charge is 2.21. The average molecular weight is 327 g/mol. The molecule has 0 atom stereocenters. The third-order valence-corrected chi connectivity index (χ3v) is 4.85. The fraction of sp³-hybridized carbons (Fsp3) is 0.550. The number of aryl methyl sites for hydroxylation is 1. The number of carbonyl (C=O) groups is 1. The van der Waals surface area contributed by atoms with Gasteiger partial charge >= 0.3 is 0 Å². The first-order chi connectivity index (χ1) is 11.6. The summed E-state index contributed by atoms with van der Waals surface area (Å²) >= 11 is 0. The number of amides is 1. The van der Waals surface area contributed by atoms with E-state index < -0.39 is 0 Å². The van der Waals surface area contributed by atoms with Gasteiger partial charge in [-0.3, -0.25) is 4.79 Å². The van der Waals surface area contributed by atoms with Gasteiger partial charge in [0.1, 0.15) is 0 Å². The Morgan fingerprint density at radius 2 is 2.08 bits per heavy atom. The fourth-order valence-corrected chi connectivity index (χ4v) is 3.76. The first-order valence-corrected chi connectivity index (χ1v) is 9.24. The molecule has 3 N–H and O–H groups in total. The summed E-state index contributed by atoms with van der Waals surface area (Å²) in [5, 5.41) is 4.23. The minimum Gasteiger partial charge on any atom is -0.352 e. The predicted octanol–water partition coefficient (Wildman–Crippen LogP) is 3.25. The number of nitrogens with two attached hydrogens (primary N) is 1. The standard InChI is InChI=1S/C20H29N3O/c1-14(2)13-23-18-7-4-3-6-16(18)17-12-15(8-9-19(17)23)20(24)22-11-5-10-21/h8-9,12,14H,3-7,10-11,13,21H2,1-2H3,(H,22,24). The van der Waals surface area contributed by atoms with Gasteiger partial charge in [0.25, 0.3) is 5.91 Å². The van der Waals surface area contributed by atoms with Crippen LogP contribution in [0, 0.1) is 5.92 Å². The van der Waals surface area contributed by atoms with E-state index in [1.54, 1.807) is 0 Å². The molecule has 0 radical (unpaired) electrons. The molecule has 0 saturated carbocycles. The summed E-state index contributed by atoms with van der Waals surface area (Å²) in [5.74, 6) is 0.623. The van der Waals surface area contributed by atoms with Crippen LogP contribution in [0.3, 0.4) is 0 Å². The van der Waals surface area contributed by atoms with Crippen molar-refractivity contribution in [2.75, 3.05) is 13.1 Å². The average Bonchev–Trinajstić information content (AvgIpc) is 2.88. The van der Waals surface area contributed by atoms with Crippen LogP contribution in [0.1, 0.15) is 54.7 Å². The smallest absolute Gasteiger partial charge is 0.251 e. The van der Waals surface area contributed by atoms with Crippen molar-refractivity contribution in [3.63, 3.8) is 0 Å². The molecular weight excluding hydrogens is 298 g/mol. The molecule has 4 heteroatoms. The monoisotopic (exact) mass is 327 g/mol. The second-order valence-electron chi connectivity index (χ2n) is 7.27. The van der Waals surface area contributed by atoms with E-state index in [1.807, 2.05) is 6.07 Å². The fourth-order valence-electron chi connectivity index (χ4n) is 3.76. The third kappa shape index (κ3) is 3.34. The summed E-state index contributed by atoms with van der Waals surface area (Å²) in [6.45, 7) is 6.82. The molecule has 0 saturated heterocycles. The van der Waals surface area contributed by atoms with Crippen LogP contribution in [0.4, 0.5) is 0 Å². The Bertz CT molecular complexity index is 730. The highest BCUT2D eigenvalue weighted by Crippen LogP contribution is 2.33. The Kier molecular flexibility index (Phi) is 5.24. The molecule has 1 heterocycles. The molecule has 1 aliphatic carbocycles. The Morgan fingerprint density at radius 3 is 2.83 bits per heavy atom. The van der Waals surface area contributed by atoms with Gasteiger partial charge in [0.05, 0.1) is 0 Å². The Hall–Kier alpha value is -1.81. The van der Waals surface area contributed by atoms with E-state index in [0.717, 1.165) is 31.4 Å². The number of benzene rings is 1. The topological polar surface area (TPSA) is 60.0 Å². The molecule has 4 nitrogen and oxygen atoms in total. The molecule has 1 aromatic heterocycles. The summed E-state index contributed by atoms with van der Waals surface area (Å²) in [5.41, 5.74) is 10.5. The number of hydrogen-bond acceptors (Lipinski definition) is 2. The van der Waals surface area contributed by atoms with E-state index in [9.17, 15) is 4.79 Å². The molecule has 0 bridgehead atoms. The van der Waals surface area contributed by atoms with Crippen LogP contribution in [-0.4, -0.2) is 23.6 Å². The first-order valence-electron chi connectivity index (χ1n) is 9.24. The summed E-state index contributed by atoms with van der Waals surface area (Å²) in [7, 11) is 0. The largest absolute Gasteiger partial charge is 0.352 e. The van der Waals surface area contributed by atoms with Crippen LogP contribution in [0.15, 0.2) is 18.2 Å². The second kappa shape index (κ2) is 7.39. The molecule has 0 unspecified atom stereocenters. The number of nitrogens with one attached hydrogen (secondary N) is 1. The lowest BCUT2D eigenvalue weighted by Crippen LogP contribution is -2.25. The zero-order valence-corrected chi connectivity index (χ0v) is 14.9. The molecular formula is C20H29N3O. The molecule has 2 aromatic rings. The Morgan fingerprint density at radius 1 is 1.29 bits per heavy atom. The molecule has 0 aliphatic heterocycles. The maximum absolute atomic E-state index is 12.4. The minimum absolute atomic E-state index is 0.00604. The van der Waals surface area contributed by atoms with Crippen molar-refractivity contribution in [3.05, 3.63) is 35.0 Å². The maximum atomic E-state index is 12.4. The molecule has 0 fully saturated rings. The van der Waals surface area contributed by atoms with Gasteiger partial charge in [0.15, 0.2) is 0 Å². The van der Waals surface area contributed by atoms with Crippen LogP contribution < -0.4 is 11.1 Å². The van der Waals surface area contributed by atoms with Gasteiger partial charge in [0.2, 0.25) is 0 Å². The van der Waals surface area contributed by atoms with E-state index >= 15 is 0 Å². The van der Waals surface area contributed by atoms with Crippen molar-refractivity contribution in [1.82, 2.24) is 9.88 Å². The highest BCUT2D eigenvalue weighted by molar-refractivity contribution is 5.99. The lowest BCUT2D eigenvalue weighted by Gasteiger charge is -2.17. The van der Waals surface area contributed by atoms with E-state index in [0.29, 0.717) is 19.0 Å². The van der Waals surface area contributed by atoms with Gasteiger partial charge in [-0.05, 0) is 68.3 Å². The number of rotatable bonds is 6. The molecule has 24 heavy (non-hydrogen) atoms. The van der Waals surface area contributed by atoms with Crippen LogP contribution >= 0.6 is 0 Å². The normalized spacial score (nSPS) is 14.2. The van der Waals surface area contributed by atoms with Crippen LogP contribution in [0.5, 0.6) is 0 Å². The SMILES string of the molecule is CC(C)Cn1c2c(c3cc(C(=O)NCCCN)ccc31)CCCC2. The maximum Gasteiger partial charge on any atom is 0.251 e. The summed E-state index contributed by atoms with van der Waals surface area (Å²) in [4.78, 5) is 12.4. The highest BCUT2D eigenvalue weighted by atomic mass is 16.1. The lowest BCUT2D eigenvalue weighted by atomic mass is 9.95. The third-order valence-electron chi connectivity index (χ3n) is 4.85. The Balaban J connectivity index is 1.98. The summed E-state index contributed by atoms with van der Waals surface area (Å²) in [6.07, 6.45) is 5.63. The van der Waals surface area contributed by atoms with Gasteiger partial charge in [-0.2, -0.15) is 0 Å². The van der Waals surface area contributed by atoms with Crippen molar-refractivity contribution in [2.45, 2.75) is 52.5 Å². The Labute approximate surface area is 144 Å². The number of carbonyl (C=O) groups excluding carboxylic acids is 1. The van der Waals surface area contributed by atoms with Gasteiger partial charge in [0, 0.05) is 35.2 Å². The van der Waals surface area contributed by atoms with Crippen molar-refractivity contribution in [1.29, 1.82) is 0 Å². The molecule has 130 valence electrons. The number of hydrogen-bond donors (Lipinski definition) is 2. The van der Waals surface area contributed by atoms with E-state index in [4.69, 9.17) is 5.73 Å². The van der Waals surface area contributed by atoms with E-state index in [1.165, 1.54) is 35.0 Å². The number of aromatic nitrogens is 1. The summed E-state index contributed by atoms with van der Waals surface area (Å²) in [6, 6.07) is 6.18. The lowest BCUT2D eigenvalue weighted by molar-refractivity contribution is 0.0953. The molecule has 3 rings (SSSR count). The van der Waals surface area contributed by atoms with Gasteiger partial charge in [-0.25, -0.2) is 0 Å². The van der Waals surface area contributed by atoms with Gasteiger partial charge in [-0.1, -0.05) is 13.8 Å². The van der Waals surface area contributed by atoms with Crippen LogP contribution in [0.25, 0.3) is 10.9 Å². The number of nitrogens with zero attached hydrogens (tertiary/aromatic N) is 1. The van der Waals surface area contributed by atoms with Gasteiger partial charge in [-0.15, -0.1) is 0 Å². The quantitative estimate of drug-likeness (QED) is 0.800. The van der Waals surface area contributed by atoms with Crippen molar-refractivity contribution < 1.29 is 4.79 Å². The van der Waals surface area contributed by atoms with Crippen molar-refractivity contribution in [2.24, 2.45) is 11.7 Å².